The first-order chi connectivity index (χ1) is 6.77. The smallest absolute Gasteiger partial charge is 0.221 e. The molecule has 0 aromatic rings. The van der Waals surface area contributed by atoms with Gasteiger partial charge in [-0.25, -0.2) is 0 Å². The lowest BCUT2D eigenvalue weighted by Crippen LogP contribution is -2.38. The zero-order valence-corrected chi connectivity index (χ0v) is 11.0. The second-order valence-corrected chi connectivity index (χ2v) is 5.85. The summed E-state index contributed by atoms with van der Waals surface area (Å²) in [5, 5.41) is 4.54. The lowest BCUT2D eigenvalue weighted by Gasteiger charge is -2.19. The topological polar surface area (TPSA) is 29.1 Å². The van der Waals surface area contributed by atoms with Gasteiger partial charge in [0.15, 0.2) is 0 Å². The molecule has 0 aromatic heterocycles. The molecule has 1 saturated carbocycles. The standard InChI is InChI=1S/C10H18BrNOS/c1-2-14-9-5-3-4-8(9)12-10(13)6-7-11/h8-9H,2-7H2,1H3,(H,12,13). The van der Waals surface area contributed by atoms with Crippen LogP contribution in [-0.4, -0.2) is 28.3 Å². The van der Waals surface area contributed by atoms with Gasteiger partial charge in [-0.2, -0.15) is 11.8 Å². The number of nitrogens with one attached hydrogen (secondary N) is 1. The van der Waals surface area contributed by atoms with Crippen molar-refractivity contribution in [3.05, 3.63) is 0 Å². The largest absolute Gasteiger partial charge is 0.352 e. The Morgan fingerprint density at radius 3 is 3.00 bits per heavy atom. The molecule has 1 aliphatic carbocycles. The molecule has 0 heterocycles. The van der Waals surface area contributed by atoms with Gasteiger partial charge in [-0.1, -0.05) is 29.3 Å². The number of thioether (sulfide) groups is 1. The van der Waals surface area contributed by atoms with Crippen LogP contribution in [0.1, 0.15) is 32.6 Å². The molecule has 0 aromatic carbocycles. The van der Waals surface area contributed by atoms with E-state index in [4.69, 9.17) is 0 Å². The third-order valence-electron chi connectivity index (χ3n) is 2.50. The molecule has 0 bridgehead atoms. The second kappa shape index (κ2) is 6.72. The zero-order valence-electron chi connectivity index (χ0n) is 8.59. The summed E-state index contributed by atoms with van der Waals surface area (Å²) in [5.41, 5.74) is 0. The van der Waals surface area contributed by atoms with Crippen LogP contribution in [0.2, 0.25) is 0 Å². The molecule has 4 heteroatoms. The average Bonchev–Trinajstić information content (AvgIpc) is 2.54. The quantitative estimate of drug-likeness (QED) is 0.784. The fourth-order valence-corrected chi connectivity index (χ4v) is 3.43. The zero-order chi connectivity index (χ0) is 10.4. The SMILES string of the molecule is CCSC1CCCC1NC(=O)CCBr. The Morgan fingerprint density at radius 1 is 1.57 bits per heavy atom. The summed E-state index contributed by atoms with van der Waals surface area (Å²) in [6, 6.07) is 0.423. The van der Waals surface area contributed by atoms with E-state index in [2.05, 4.69) is 28.2 Å². The van der Waals surface area contributed by atoms with Crippen molar-refractivity contribution in [2.24, 2.45) is 0 Å². The lowest BCUT2D eigenvalue weighted by atomic mass is 10.2. The van der Waals surface area contributed by atoms with Crippen LogP contribution in [0.15, 0.2) is 0 Å². The molecule has 0 saturated heterocycles. The summed E-state index contributed by atoms with van der Waals surface area (Å²) in [6.07, 6.45) is 4.28. The second-order valence-electron chi connectivity index (χ2n) is 3.54. The lowest BCUT2D eigenvalue weighted by molar-refractivity contribution is -0.121. The van der Waals surface area contributed by atoms with E-state index in [1.165, 1.54) is 12.8 Å². The summed E-state index contributed by atoms with van der Waals surface area (Å²) in [5.74, 6) is 1.34. The predicted molar refractivity (Wildman–Crippen MR) is 66.1 cm³/mol. The molecule has 1 aliphatic rings. The Hall–Kier alpha value is 0.300. The highest BCUT2D eigenvalue weighted by molar-refractivity contribution is 9.09. The highest BCUT2D eigenvalue weighted by atomic mass is 79.9. The number of rotatable bonds is 5. The molecular weight excluding hydrogens is 262 g/mol. The maximum Gasteiger partial charge on any atom is 0.221 e. The van der Waals surface area contributed by atoms with Crippen LogP contribution in [-0.2, 0) is 4.79 Å². The van der Waals surface area contributed by atoms with Crippen molar-refractivity contribution >= 4 is 33.6 Å². The van der Waals surface area contributed by atoms with Gasteiger partial charge in [0.05, 0.1) is 0 Å². The van der Waals surface area contributed by atoms with Gasteiger partial charge in [-0.3, -0.25) is 4.79 Å². The predicted octanol–water partition coefficient (Wildman–Crippen LogP) is 2.56. The van der Waals surface area contributed by atoms with E-state index in [1.807, 2.05) is 11.8 Å². The summed E-state index contributed by atoms with van der Waals surface area (Å²) >= 11 is 5.26. The Labute approximate surface area is 98.7 Å². The first kappa shape index (κ1) is 12.4. The number of amides is 1. The van der Waals surface area contributed by atoms with E-state index in [1.54, 1.807) is 0 Å². The van der Waals surface area contributed by atoms with E-state index in [9.17, 15) is 4.79 Å². The molecule has 14 heavy (non-hydrogen) atoms. The van der Waals surface area contributed by atoms with Crippen LogP contribution in [0.4, 0.5) is 0 Å². The highest BCUT2D eigenvalue weighted by Crippen LogP contribution is 2.29. The van der Waals surface area contributed by atoms with Crippen LogP contribution >= 0.6 is 27.7 Å². The van der Waals surface area contributed by atoms with Crippen LogP contribution in [0.3, 0.4) is 0 Å². The van der Waals surface area contributed by atoms with Gasteiger partial charge in [-0.05, 0) is 18.6 Å². The van der Waals surface area contributed by atoms with Crippen LogP contribution in [0, 0.1) is 0 Å². The van der Waals surface area contributed by atoms with Crippen molar-refractivity contribution < 1.29 is 4.79 Å². The third kappa shape index (κ3) is 3.81. The van der Waals surface area contributed by atoms with Crippen LogP contribution in [0.5, 0.6) is 0 Å². The normalized spacial score (nSPS) is 26.4. The highest BCUT2D eigenvalue weighted by Gasteiger charge is 2.27. The summed E-state index contributed by atoms with van der Waals surface area (Å²) in [6.45, 7) is 2.18. The molecule has 82 valence electrons. The van der Waals surface area contributed by atoms with Crippen molar-refractivity contribution in [2.75, 3.05) is 11.1 Å². The van der Waals surface area contributed by atoms with Gasteiger partial charge in [0.1, 0.15) is 0 Å². The molecular formula is C10H18BrNOS. The van der Waals surface area contributed by atoms with Gasteiger partial charge in [0.2, 0.25) is 5.91 Å². The first-order valence-corrected chi connectivity index (χ1v) is 7.42. The molecule has 0 aliphatic heterocycles. The van der Waals surface area contributed by atoms with Gasteiger partial charge >= 0.3 is 0 Å². The Morgan fingerprint density at radius 2 is 2.36 bits per heavy atom. The molecule has 2 atom stereocenters. The minimum Gasteiger partial charge on any atom is -0.352 e. The van der Waals surface area contributed by atoms with E-state index >= 15 is 0 Å². The number of carbonyl (C=O) groups excluding carboxylic acids is 1. The maximum atomic E-state index is 11.4. The van der Waals surface area contributed by atoms with Gasteiger partial charge in [0, 0.05) is 23.0 Å². The summed E-state index contributed by atoms with van der Waals surface area (Å²) < 4.78 is 0. The first-order valence-electron chi connectivity index (χ1n) is 5.24. The van der Waals surface area contributed by atoms with Crippen LogP contribution in [0.25, 0.3) is 0 Å². The molecule has 0 spiro atoms. The average molecular weight is 280 g/mol. The number of halogens is 1. The van der Waals surface area contributed by atoms with Crippen molar-refractivity contribution in [1.82, 2.24) is 5.32 Å². The number of hydrogen-bond acceptors (Lipinski definition) is 2. The van der Waals surface area contributed by atoms with E-state index in [0.717, 1.165) is 17.5 Å². The third-order valence-corrected chi connectivity index (χ3v) is 4.22. The van der Waals surface area contributed by atoms with Crippen molar-refractivity contribution in [1.29, 1.82) is 0 Å². The van der Waals surface area contributed by atoms with E-state index in [0.29, 0.717) is 17.7 Å². The fourth-order valence-electron chi connectivity index (χ4n) is 1.87. The van der Waals surface area contributed by atoms with Gasteiger partial charge in [0.25, 0.3) is 0 Å². The van der Waals surface area contributed by atoms with Crippen LogP contribution < -0.4 is 5.32 Å². The monoisotopic (exact) mass is 279 g/mol. The Kier molecular flexibility index (Phi) is 5.94. The molecule has 0 radical (unpaired) electrons. The minimum atomic E-state index is 0.190. The molecule has 1 amide bonds. The van der Waals surface area contributed by atoms with Gasteiger partial charge < -0.3 is 5.32 Å². The Balaban J connectivity index is 2.31. The fraction of sp³-hybridized carbons (Fsp3) is 0.900. The van der Waals surface area contributed by atoms with Crippen molar-refractivity contribution in [3.63, 3.8) is 0 Å². The number of hydrogen-bond donors (Lipinski definition) is 1. The Bertz CT molecular complexity index is 189. The molecule has 2 unspecified atom stereocenters. The summed E-state index contributed by atoms with van der Waals surface area (Å²) in [7, 11) is 0. The summed E-state index contributed by atoms with van der Waals surface area (Å²) in [4.78, 5) is 11.4. The number of carbonyl (C=O) groups is 1. The molecule has 1 N–H and O–H groups in total. The maximum absolute atomic E-state index is 11.4. The van der Waals surface area contributed by atoms with Crippen molar-refractivity contribution in [2.45, 2.75) is 43.9 Å². The molecule has 1 rings (SSSR count). The van der Waals surface area contributed by atoms with E-state index < -0.39 is 0 Å². The molecule has 1 fully saturated rings. The van der Waals surface area contributed by atoms with Crippen molar-refractivity contribution in [3.8, 4) is 0 Å². The minimum absolute atomic E-state index is 0.190. The molecule has 2 nitrogen and oxygen atoms in total. The number of alkyl halides is 1. The van der Waals surface area contributed by atoms with E-state index in [-0.39, 0.29) is 5.91 Å². The van der Waals surface area contributed by atoms with Gasteiger partial charge in [-0.15, -0.1) is 0 Å².